The van der Waals surface area contributed by atoms with Gasteiger partial charge in [0.1, 0.15) is 11.3 Å². The normalized spacial score (nSPS) is 25.4. The summed E-state index contributed by atoms with van der Waals surface area (Å²) in [6.07, 6.45) is 4.87. The molecule has 1 saturated carbocycles. The van der Waals surface area contributed by atoms with Gasteiger partial charge in [-0.05, 0) is 25.2 Å². The summed E-state index contributed by atoms with van der Waals surface area (Å²) in [5.41, 5.74) is 5.51. The number of rotatable bonds is 2. The van der Waals surface area contributed by atoms with Crippen molar-refractivity contribution < 1.29 is 4.74 Å². The Balaban J connectivity index is 2.02. The molecule has 0 aliphatic heterocycles. The molecule has 1 aromatic heterocycles. The van der Waals surface area contributed by atoms with Crippen LogP contribution in [0.3, 0.4) is 0 Å². The van der Waals surface area contributed by atoms with Gasteiger partial charge >= 0.3 is 0 Å². The fourth-order valence-electron chi connectivity index (χ4n) is 2.13. The predicted octanol–water partition coefficient (Wildman–Crippen LogP) is 2.67. The molecule has 1 heterocycles. The fraction of sp³-hybridized carbons (Fsp3) is 0.636. The van der Waals surface area contributed by atoms with E-state index in [-0.39, 0.29) is 12.1 Å². The van der Waals surface area contributed by atoms with E-state index >= 15 is 0 Å². The molecular weight excluding hydrogens is 226 g/mol. The van der Waals surface area contributed by atoms with Gasteiger partial charge in [0.15, 0.2) is 0 Å². The van der Waals surface area contributed by atoms with Crippen molar-refractivity contribution in [2.75, 3.05) is 5.73 Å². The average Bonchev–Trinajstić information content (AvgIpc) is 2.15. The largest absolute Gasteiger partial charge is 0.474 e. The van der Waals surface area contributed by atoms with Crippen LogP contribution < -0.4 is 10.5 Å². The Bertz CT molecular complexity index is 352. The quantitative estimate of drug-likeness (QED) is 0.809. The number of ether oxygens (including phenoxy) is 1. The van der Waals surface area contributed by atoms with Gasteiger partial charge in [-0.25, -0.2) is 4.98 Å². The van der Waals surface area contributed by atoms with E-state index in [2.05, 4.69) is 16.9 Å². The Morgan fingerprint density at radius 1 is 1.44 bits per heavy atom. The van der Waals surface area contributed by atoms with Crippen LogP contribution in [0.25, 0.3) is 0 Å². The van der Waals surface area contributed by atoms with E-state index in [1.165, 1.54) is 12.8 Å². The summed E-state index contributed by atoms with van der Waals surface area (Å²) < 4.78 is 5.77. The Kier molecular flexibility index (Phi) is 3.49. The number of nitrogen functional groups attached to an aromatic ring is 1. The molecule has 1 aromatic rings. The van der Waals surface area contributed by atoms with Crippen molar-refractivity contribution in [2.45, 2.75) is 38.7 Å². The van der Waals surface area contributed by atoms with Crippen molar-refractivity contribution >= 4 is 17.5 Å². The van der Waals surface area contributed by atoms with Crippen LogP contribution in [0, 0.1) is 5.92 Å². The predicted molar refractivity (Wildman–Crippen MR) is 63.5 cm³/mol. The summed E-state index contributed by atoms with van der Waals surface area (Å²) in [5, 5.41) is 0.325. The molecule has 5 heteroatoms. The van der Waals surface area contributed by atoms with Crippen molar-refractivity contribution in [2.24, 2.45) is 5.92 Å². The van der Waals surface area contributed by atoms with Crippen LogP contribution in [0.15, 0.2) is 6.07 Å². The van der Waals surface area contributed by atoms with Gasteiger partial charge in [0.25, 0.3) is 0 Å². The van der Waals surface area contributed by atoms with E-state index in [0.29, 0.717) is 17.0 Å². The minimum absolute atomic E-state index is 0.159. The summed E-state index contributed by atoms with van der Waals surface area (Å²) in [4.78, 5) is 7.81. The lowest BCUT2D eigenvalue weighted by Gasteiger charge is -2.26. The molecule has 0 spiro atoms. The molecule has 4 nitrogen and oxygen atoms in total. The van der Waals surface area contributed by atoms with Crippen molar-refractivity contribution in [3.63, 3.8) is 0 Å². The third-order valence-corrected chi connectivity index (χ3v) is 3.06. The Hall–Kier alpha value is -1.03. The lowest BCUT2D eigenvalue weighted by molar-refractivity contribution is 0.124. The van der Waals surface area contributed by atoms with Gasteiger partial charge < -0.3 is 10.5 Å². The van der Waals surface area contributed by atoms with Gasteiger partial charge in [-0.3, -0.25) is 0 Å². The summed E-state index contributed by atoms with van der Waals surface area (Å²) in [6, 6.07) is 1.61. The summed E-state index contributed by atoms with van der Waals surface area (Å²) in [7, 11) is 0. The monoisotopic (exact) mass is 241 g/mol. The van der Waals surface area contributed by atoms with Gasteiger partial charge in [0.2, 0.25) is 11.8 Å². The molecule has 16 heavy (non-hydrogen) atoms. The number of anilines is 1. The Morgan fingerprint density at radius 3 is 2.94 bits per heavy atom. The number of hydrogen-bond donors (Lipinski definition) is 1. The maximum absolute atomic E-state index is 5.79. The SMILES string of the molecule is CC1CCCC(Oc2cc(Cl)nc(N)n2)C1. The van der Waals surface area contributed by atoms with Crippen molar-refractivity contribution in [1.82, 2.24) is 9.97 Å². The van der Waals surface area contributed by atoms with Crippen LogP contribution in [-0.2, 0) is 0 Å². The van der Waals surface area contributed by atoms with Crippen LogP contribution in [0.5, 0.6) is 5.88 Å². The maximum Gasteiger partial charge on any atom is 0.224 e. The molecule has 1 fully saturated rings. The maximum atomic E-state index is 5.79. The molecule has 1 aliphatic carbocycles. The Labute approximate surface area is 100 Å². The first-order valence-electron chi connectivity index (χ1n) is 5.60. The van der Waals surface area contributed by atoms with Crippen molar-refractivity contribution in [1.29, 1.82) is 0 Å². The lowest BCUT2D eigenvalue weighted by atomic mass is 9.89. The molecule has 2 rings (SSSR count). The third-order valence-electron chi connectivity index (χ3n) is 2.86. The summed E-state index contributed by atoms with van der Waals surface area (Å²) in [6.45, 7) is 2.25. The van der Waals surface area contributed by atoms with Crippen LogP contribution in [0.4, 0.5) is 5.95 Å². The highest BCUT2D eigenvalue weighted by atomic mass is 35.5. The minimum atomic E-state index is 0.159. The number of aromatic nitrogens is 2. The lowest BCUT2D eigenvalue weighted by Crippen LogP contribution is -2.24. The molecule has 2 atom stereocenters. The standard InChI is InChI=1S/C11H16ClN3O/c1-7-3-2-4-8(5-7)16-10-6-9(12)14-11(13)15-10/h6-8H,2-5H2,1H3,(H2,13,14,15). The van der Waals surface area contributed by atoms with Gasteiger partial charge in [0.05, 0.1) is 0 Å². The molecule has 1 aliphatic rings. The molecule has 0 radical (unpaired) electrons. The number of nitrogens with zero attached hydrogens (tertiary/aromatic N) is 2. The zero-order chi connectivity index (χ0) is 11.5. The average molecular weight is 242 g/mol. The molecule has 0 aromatic carbocycles. The highest BCUT2D eigenvalue weighted by Gasteiger charge is 2.20. The number of nitrogens with two attached hydrogens (primary N) is 1. The second-order valence-corrected chi connectivity index (χ2v) is 4.79. The van der Waals surface area contributed by atoms with Gasteiger partial charge in [0, 0.05) is 6.07 Å². The van der Waals surface area contributed by atoms with Gasteiger partial charge in [-0.15, -0.1) is 0 Å². The van der Waals surface area contributed by atoms with Crippen molar-refractivity contribution in [3.05, 3.63) is 11.2 Å². The molecule has 2 N–H and O–H groups in total. The summed E-state index contributed by atoms with van der Waals surface area (Å²) in [5.74, 6) is 1.36. The van der Waals surface area contributed by atoms with E-state index in [1.54, 1.807) is 6.07 Å². The molecule has 2 unspecified atom stereocenters. The van der Waals surface area contributed by atoms with Gasteiger partial charge in [-0.2, -0.15) is 4.98 Å². The van der Waals surface area contributed by atoms with E-state index in [1.807, 2.05) is 0 Å². The molecular formula is C11H16ClN3O. The van der Waals surface area contributed by atoms with Crippen LogP contribution in [0.2, 0.25) is 5.15 Å². The second kappa shape index (κ2) is 4.87. The topological polar surface area (TPSA) is 61.0 Å². The van der Waals surface area contributed by atoms with E-state index in [4.69, 9.17) is 22.1 Å². The Morgan fingerprint density at radius 2 is 2.25 bits per heavy atom. The minimum Gasteiger partial charge on any atom is -0.474 e. The van der Waals surface area contributed by atoms with Crippen LogP contribution in [-0.4, -0.2) is 16.1 Å². The van der Waals surface area contributed by atoms with E-state index in [9.17, 15) is 0 Å². The highest BCUT2D eigenvalue weighted by molar-refractivity contribution is 6.29. The molecule has 0 amide bonds. The highest BCUT2D eigenvalue weighted by Crippen LogP contribution is 2.27. The van der Waals surface area contributed by atoms with Crippen molar-refractivity contribution in [3.8, 4) is 5.88 Å². The van der Waals surface area contributed by atoms with E-state index < -0.39 is 0 Å². The zero-order valence-corrected chi connectivity index (χ0v) is 10.1. The van der Waals surface area contributed by atoms with Crippen LogP contribution in [0.1, 0.15) is 32.6 Å². The third kappa shape index (κ3) is 2.98. The first-order chi connectivity index (χ1) is 7.63. The molecule has 0 saturated heterocycles. The number of halogens is 1. The summed E-state index contributed by atoms with van der Waals surface area (Å²) >= 11 is 5.79. The van der Waals surface area contributed by atoms with Gasteiger partial charge in [-0.1, -0.05) is 24.9 Å². The fourth-order valence-corrected chi connectivity index (χ4v) is 2.31. The second-order valence-electron chi connectivity index (χ2n) is 4.40. The number of hydrogen-bond acceptors (Lipinski definition) is 4. The first kappa shape index (κ1) is 11.5. The van der Waals surface area contributed by atoms with E-state index in [0.717, 1.165) is 12.8 Å². The smallest absolute Gasteiger partial charge is 0.224 e. The molecule has 0 bridgehead atoms. The molecule has 88 valence electrons. The first-order valence-corrected chi connectivity index (χ1v) is 5.98. The zero-order valence-electron chi connectivity index (χ0n) is 9.32. The van der Waals surface area contributed by atoms with Crippen LogP contribution >= 0.6 is 11.6 Å².